The number of nitrogens with zero attached hydrogens (tertiary/aromatic N) is 2. The van der Waals surface area contributed by atoms with Gasteiger partial charge in [0.1, 0.15) is 0 Å². The topological polar surface area (TPSA) is 59.2 Å². The summed E-state index contributed by atoms with van der Waals surface area (Å²) in [5.41, 5.74) is 7.14. The molecule has 1 saturated heterocycles. The van der Waals surface area contributed by atoms with E-state index in [0.717, 1.165) is 31.0 Å². The zero-order chi connectivity index (χ0) is 13.9. The lowest BCUT2D eigenvalue weighted by Gasteiger charge is -2.18. The van der Waals surface area contributed by atoms with Gasteiger partial charge in [0.25, 0.3) is 0 Å². The van der Waals surface area contributed by atoms with Gasteiger partial charge >= 0.3 is 0 Å². The minimum atomic E-state index is 0. The summed E-state index contributed by atoms with van der Waals surface area (Å²) in [4.78, 5) is 18.5. The summed E-state index contributed by atoms with van der Waals surface area (Å²) < 4.78 is 0. The Labute approximate surface area is 136 Å². The molecule has 1 aliphatic carbocycles. The molecule has 2 heterocycles. The van der Waals surface area contributed by atoms with Gasteiger partial charge in [-0.25, -0.2) is 0 Å². The fourth-order valence-corrected chi connectivity index (χ4v) is 4.17. The number of likely N-dealkylation sites (tertiary alicyclic amines) is 1. The predicted octanol–water partition coefficient (Wildman–Crippen LogP) is 1.93. The molecule has 1 aromatic heterocycles. The number of carbonyl (C=O) groups excluding carboxylic acids is 1. The van der Waals surface area contributed by atoms with E-state index in [1.807, 2.05) is 23.1 Å². The highest BCUT2D eigenvalue weighted by atomic mass is 35.5. The standard InChI is InChI=1S/C15H21N3OS.ClH/c16-14-5-4-11-7-18(8-13(11)14)15(19)10-20-9-12-3-1-2-6-17-12;/h1-3,6,11,13-14H,4-5,7-10,16H2;1H. The quantitative estimate of drug-likeness (QED) is 0.918. The van der Waals surface area contributed by atoms with E-state index in [-0.39, 0.29) is 18.3 Å². The Kier molecular flexibility index (Phi) is 5.90. The van der Waals surface area contributed by atoms with Crippen LogP contribution in [0, 0.1) is 11.8 Å². The smallest absolute Gasteiger partial charge is 0.232 e. The lowest BCUT2D eigenvalue weighted by molar-refractivity contribution is -0.127. The van der Waals surface area contributed by atoms with E-state index in [2.05, 4.69) is 4.98 Å². The van der Waals surface area contributed by atoms with Crippen molar-refractivity contribution in [1.29, 1.82) is 0 Å². The average Bonchev–Trinajstić information content (AvgIpc) is 3.03. The number of nitrogens with two attached hydrogens (primary N) is 1. The fraction of sp³-hybridized carbons (Fsp3) is 0.600. The van der Waals surface area contributed by atoms with E-state index in [4.69, 9.17) is 5.73 Å². The van der Waals surface area contributed by atoms with Crippen LogP contribution in [0.3, 0.4) is 0 Å². The first-order chi connectivity index (χ1) is 9.74. The second-order valence-corrected chi connectivity index (χ2v) is 6.76. The van der Waals surface area contributed by atoms with Crippen molar-refractivity contribution in [3.8, 4) is 0 Å². The fourth-order valence-electron chi connectivity index (χ4n) is 3.33. The molecule has 2 aliphatic rings. The molecule has 1 aliphatic heterocycles. The average molecular weight is 328 g/mol. The maximum absolute atomic E-state index is 12.2. The van der Waals surface area contributed by atoms with Crippen molar-refractivity contribution >= 4 is 30.1 Å². The van der Waals surface area contributed by atoms with Crippen molar-refractivity contribution in [2.24, 2.45) is 17.6 Å². The van der Waals surface area contributed by atoms with Gasteiger partial charge in [-0.3, -0.25) is 9.78 Å². The van der Waals surface area contributed by atoms with E-state index in [1.165, 1.54) is 6.42 Å². The molecule has 3 unspecified atom stereocenters. The van der Waals surface area contributed by atoms with Crippen LogP contribution < -0.4 is 5.73 Å². The second kappa shape index (κ2) is 7.47. The predicted molar refractivity (Wildman–Crippen MR) is 88.4 cm³/mol. The first-order valence-corrected chi connectivity index (χ1v) is 8.40. The molecule has 0 spiro atoms. The molecule has 3 atom stereocenters. The number of pyridine rings is 1. The molecule has 2 fully saturated rings. The third-order valence-electron chi connectivity index (χ3n) is 4.47. The van der Waals surface area contributed by atoms with Crippen LogP contribution in [0.1, 0.15) is 18.5 Å². The summed E-state index contributed by atoms with van der Waals surface area (Å²) in [5, 5.41) is 0. The number of carbonyl (C=O) groups is 1. The molecule has 4 nitrogen and oxygen atoms in total. The van der Waals surface area contributed by atoms with Crippen molar-refractivity contribution in [2.75, 3.05) is 18.8 Å². The number of hydrogen-bond donors (Lipinski definition) is 1. The van der Waals surface area contributed by atoms with E-state index >= 15 is 0 Å². The van der Waals surface area contributed by atoms with Crippen LogP contribution in [-0.2, 0) is 10.5 Å². The van der Waals surface area contributed by atoms with Gasteiger partial charge in [0, 0.05) is 31.1 Å². The summed E-state index contributed by atoms with van der Waals surface area (Å²) in [6.07, 6.45) is 4.11. The van der Waals surface area contributed by atoms with E-state index in [1.54, 1.807) is 18.0 Å². The first-order valence-electron chi connectivity index (χ1n) is 7.25. The third-order valence-corrected chi connectivity index (χ3v) is 5.42. The molecule has 1 aromatic rings. The number of halogens is 1. The van der Waals surface area contributed by atoms with Gasteiger partial charge in [0.15, 0.2) is 0 Å². The van der Waals surface area contributed by atoms with Crippen LogP contribution in [0.2, 0.25) is 0 Å². The Morgan fingerprint density at radius 1 is 1.38 bits per heavy atom. The third kappa shape index (κ3) is 3.90. The zero-order valence-corrected chi connectivity index (χ0v) is 13.6. The molecule has 6 heteroatoms. The van der Waals surface area contributed by atoms with E-state index in [0.29, 0.717) is 23.6 Å². The van der Waals surface area contributed by atoms with Gasteiger partial charge in [-0.05, 0) is 36.8 Å². The van der Waals surface area contributed by atoms with Gasteiger partial charge in [-0.2, -0.15) is 0 Å². The summed E-state index contributed by atoms with van der Waals surface area (Å²) >= 11 is 1.65. The van der Waals surface area contributed by atoms with Crippen LogP contribution in [0.4, 0.5) is 0 Å². The summed E-state index contributed by atoms with van der Waals surface area (Å²) in [7, 11) is 0. The Morgan fingerprint density at radius 2 is 2.24 bits per heavy atom. The summed E-state index contributed by atoms with van der Waals surface area (Å²) in [6, 6.07) is 6.19. The highest BCUT2D eigenvalue weighted by Gasteiger charge is 2.42. The molecule has 3 rings (SSSR count). The molecule has 0 radical (unpaired) electrons. The van der Waals surface area contributed by atoms with Gasteiger partial charge < -0.3 is 10.6 Å². The maximum Gasteiger partial charge on any atom is 0.232 e. The minimum absolute atomic E-state index is 0. The Bertz CT molecular complexity index is 473. The normalized spacial score (nSPS) is 27.3. The van der Waals surface area contributed by atoms with Crippen molar-refractivity contribution in [2.45, 2.75) is 24.6 Å². The van der Waals surface area contributed by atoms with Gasteiger partial charge in [-0.15, -0.1) is 24.2 Å². The van der Waals surface area contributed by atoms with Crippen LogP contribution in [0.15, 0.2) is 24.4 Å². The zero-order valence-electron chi connectivity index (χ0n) is 12.0. The molecule has 2 N–H and O–H groups in total. The number of aromatic nitrogens is 1. The number of thioether (sulfide) groups is 1. The molecule has 21 heavy (non-hydrogen) atoms. The van der Waals surface area contributed by atoms with Gasteiger partial charge in [-0.1, -0.05) is 6.07 Å². The Morgan fingerprint density at radius 3 is 2.95 bits per heavy atom. The Balaban J connectivity index is 0.00000161. The van der Waals surface area contributed by atoms with E-state index in [9.17, 15) is 4.79 Å². The SMILES string of the molecule is Cl.NC1CCC2CN(C(=O)CSCc3ccccn3)CC12. The minimum Gasteiger partial charge on any atom is -0.341 e. The number of fused-ring (bicyclic) bond motifs is 1. The van der Waals surface area contributed by atoms with Crippen LogP contribution in [0.25, 0.3) is 0 Å². The largest absolute Gasteiger partial charge is 0.341 e. The molecule has 1 saturated carbocycles. The monoisotopic (exact) mass is 327 g/mol. The number of amides is 1. The summed E-state index contributed by atoms with van der Waals surface area (Å²) in [5.74, 6) is 2.79. The Hall–Kier alpha value is -0.780. The lowest BCUT2D eigenvalue weighted by atomic mass is 9.98. The van der Waals surface area contributed by atoms with Gasteiger partial charge in [0.05, 0.1) is 11.4 Å². The lowest BCUT2D eigenvalue weighted by Crippen LogP contribution is -2.34. The van der Waals surface area contributed by atoms with Crippen molar-refractivity contribution in [3.05, 3.63) is 30.1 Å². The second-order valence-electron chi connectivity index (χ2n) is 5.78. The molecular weight excluding hydrogens is 306 g/mol. The van der Waals surface area contributed by atoms with Crippen LogP contribution in [0.5, 0.6) is 0 Å². The highest BCUT2D eigenvalue weighted by Crippen LogP contribution is 2.37. The van der Waals surface area contributed by atoms with Crippen LogP contribution >= 0.6 is 24.2 Å². The molecule has 0 aromatic carbocycles. The van der Waals surface area contributed by atoms with Crippen molar-refractivity contribution in [3.63, 3.8) is 0 Å². The first kappa shape index (κ1) is 16.6. The highest BCUT2D eigenvalue weighted by molar-refractivity contribution is 7.99. The number of rotatable bonds is 4. The maximum atomic E-state index is 12.2. The van der Waals surface area contributed by atoms with E-state index < -0.39 is 0 Å². The van der Waals surface area contributed by atoms with Crippen LogP contribution in [-0.4, -0.2) is 40.7 Å². The van der Waals surface area contributed by atoms with Crippen molar-refractivity contribution < 1.29 is 4.79 Å². The molecule has 116 valence electrons. The number of hydrogen-bond acceptors (Lipinski definition) is 4. The van der Waals surface area contributed by atoms with Gasteiger partial charge in [0.2, 0.25) is 5.91 Å². The summed E-state index contributed by atoms with van der Waals surface area (Å²) in [6.45, 7) is 1.79. The molecule has 0 bridgehead atoms. The molecular formula is C15H22ClN3OS. The van der Waals surface area contributed by atoms with Crippen molar-refractivity contribution in [1.82, 2.24) is 9.88 Å². The molecule has 1 amide bonds.